The van der Waals surface area contributed by atoms with Gasteiger partial charge in [0, 0.05) is 5.57 Å². The normalized spacial score (nSPS) is 13.2. The summed E-state index contributed by atoms with van der Waals surface area (Å²) in [6, 6.07) is 12.0. The highest BCUT2D eigenvalue weighted by Crippen LogP contribution is 2.36. The Morgan fingerprint density at radius 1 is 1.28 bits per heavy atom. The van der Waals surface area contributed by atoms with Crippen LogP contribution in [0.15, 0.2) is 53.5 Å². The lowest BCUT2D eigenvalue weighted by molar-refractivity contribution is 0.304. The van der Waals surface area contributed by atoms with Gasteiger partial charge in [-0.1, -0.05) is 47.7 Å². The smallest absolute Gasteiger partial charge is 0.307 e. The lowest BCUT2D eigenvalue weighted by Gasteiger charge is -2.17. The molecule has 3 aromatic rings. The average Bonchev–Trinajstić information content (AvgIpc) is 2.98. The van der Waals surface area contributed by atoms with Crippen LogP contribution in [0.25, 0.3) is 5.57 Å². The van der Waals surface area contributed by atoms with E-state index >= 15 is 0 Å². The van der Waals surface area contributed by atoms with Crippen molar-refractivity contribution in [2.75, 3.05) is 0 Å². The van der Waals surface area contributed by atoms with E-state index in [2.05, 4.69) is 9.97 Å². The number of hydrogen-bond donors (Lipinski definition) is 2. The van der Waals surface area contributed by atoms with Gasteiger partial charge >= 0.3 is 4.87 Å². The number of nitrogens with one attached hydrogen (secondary N) is 1. The maximum atomic E-state index is 11.5. The fourth-order valence-electron chi connectivity index (χ4n) is 2.91. The number of allylic oxidation sites excluding steroid dienone is 1. The highest BCUT2D eigenvalue weighted by molar-refractivity contribution is 7.10. The summed E-state index contributed by atoms with van der Waals surface area (Å²) in [6.07, 6.45) is 5.39. The molecule has 0 spiro atoms. The summed E-state index contributed by atoms with van der Waals surface area (Å²) in [7, 11) is 0. The third-order valence-electron chi connectivity index (χ3n) is 4.08. The molecule has 1 aliphatic carbocycles. The first-order valence-electron chi connectivity index (χ1n) is 7.99. The molecule has 2 N–H and O–H groups in total. The molecule has 0 saturated heterocycles. The van der Waals surface area contributed by atoms with Gasteiger partial charge in [-0.3, -0.25) is 14.8 Å². The Kier molecular flexibility index (Phi) is 4.11. The van der Waals surface area contributed by atoms with Crippen molar-refractivity contribution in [1.82, 2.24) is 9.97 Å². The monoisotopic (exact) mass is 352 g/mol. The van der Waals surface area contributed by atoms with E-state index < -0.39 is 0 Å². The van der Waals surface area contributed by atoms with Gasteiger partial charge in [0.1, 0.15) is 17.2 Å². The van der Waals surface area contributed by atoms with Crippen LogP contribution < -0.4 is 9.61 Å². The van der Waals surface area contributed by atoms with E-state index in [-0.39, 0.29) is 10.8 Å². The lowest BCUT2D eigenvalue weighted by Crippen LogP contribution is -2.05. The Hall–Kier alpha value is -2.86. The predicted molar refractivity (Wildman–Crippen MR) is 97.0 cm³/mol. The minimum atomic E-state index is -0.275. The molecule has 0 unspecified atom stereocenters. The summed E-state index contributed by atoms with van der Waals surface area (Å²) in [5.41, 5.74) is 3.76. The Morgan fingerprint density at radius 3 is 2.88 bits per heavy atom. The van der Waals surface area contributed by atoms with Gasteiger partial charge in [0.05, 0.1) is 11.9 Å². The van der Waals surface area contributed by atoms with E-state index in [4.69, 9.17) is 4.74 Å². The molecule has 2 aromatic heterocycles. The van der Waals surface area contributed by atoms with Crippen LogP contribution in [0, 0.1) is 0 Å². The Morgan fingerprint density at radius 2 is 2.12 bits per heavy atom. The molecular weight excluding hydrogens is 336 g/mol. The van der Waals surface area contributed by atoms with Crippen molar-refractivity contribution in [3.05, 3.63) is 80.0 Å². The molecule has 0 fully saturated rings. The number of pyridine rings is 1. The zero-order chi connectivity index (χ0) is 17.2. The fourth-order valence-corrected chi connectivity index (χ4v) is 3.68. The number of aromatic amines is 1. The van der Waals surface area contributed by atoms with Crippen LogP contribution >= 0.6 is 11.3 Å². The molecule has 5 nitrogen and oxygen atoms in total. The molecule has 0 amide bonds. The molecule has 6 heteroatoms. The first kappa shape index (κ1) is 15.7. The van der Waals surface area contributed by atoms with Gasteiger partial charge in [0.2, 0.25) is 5.88 Å². The highest BCUT2D eigenvalue weighted by Gasteiger charge is 2.21. The van der Waals surface area contributed by atoms with E-state index in [1.54, 1.807) is 6.20 Å². The third-order valence-corrected chi connectivity index (χ3v) is 4.99. The Balaban J connectivity index is 1.60. The number of benzene rings is 1. The van der Waals surface area contributed by atoms with Crippen molar-refractivity contribution in [3.63, 3.8) is 0 Å². The summed E-state index contributed by atoms with van der Waals surface area (Å²) in [5, 5.41) is 9.94. The van der Waals surface area contributed by atoms with E-state index in [1.165, 1.54) is 0 Å². The summed E-state index contributed by atoms with van der Waals surface area (Å²) >= 11 is 0.996. The topological polar surface area (TPSA) is 75.2 Å². The number of aromatic nitrogens is 2. The molecule has 1 aliphatic rings. The third kappa shape index (κ3) is 3.21. The van der Waals surface area contributed by atoms with Crippen molar-refractivity contribution in [3.8, 4) is 11.6 Å². The van der Waals surface area contributed by atoms with Crippen LogP contribution in [-0.2, 0) is 13.0 Å². The van der Waals surface area contributed by atoms with Gasteiger partial charge in [-0.15, -0.1) is 0 Å². The van der Waals surface area contributed by atoms with Crippen LogP contribution in [-0.4, -0.2) is 15.1 Å². The maximum Gasteiger partial charge on any atom is 0.307 e. The van der Waals surface area contributed by atoms with Crippen LogP contribution in [0.5, 0.6) is 11.6 Å². The first-order valence-corrected chi connectivity index (χ1v) is 8.81. The van der Waals surface area contributed by atoms with Crippen molar-refractivity contribution in [1.29, 1.82) is 0 Å². The largest absolute Gasteiger partial charge is 0.493 e. The number of ether oxygens (including phenoxy) is 1. The van der Waals surface area contributed by atoms with Gasteiger partial charge in [-0.25, -0.2) is 0 Å². The minimum absolute atomic E-state index is 0.0969. The van der Waals surface area contributed by atoms with Crippen LogP contribution in [0.2, 0.25) is 0 Å². The molecule has 25 heavy (non-hydrogen) atoms. The summed E-state index contributed by atoms with van der Waals surface area (Å²) in [5.74, 6) is 0.621. The molecule has 0 aliphatic heterocycles. The van der Waals surface area contributed by atoms with Gasteiger partial charge in [-0.2, -0.15) is 0 Å². The number of nitrogens with zero attached hydrogens (tertiary/aromatic N) is 1. The number of fused-ring (bicyclic) bond motifs is 1. The number of rotatable bonds is 4. The number of hydrogen-bond acceptors (Lipinski definition) is 5. The number of thiazole rings is 1. The summed E-state index contributed by atoms with van der Waals surface area (Å²) in [4.78, 5) is 18.7. The van der Waals surface area contributed by atoms with Crippen molar-refractivity contribution >= 4 is 16.9 Å². The Bertz CT molecular complexity index is 989. The van der Waals surface area contributed by atoms with Gasteiger partial charge in [0.25, 0.3) is 0 Å². The average molecular weight is 352 g/mol. The fraction of sp³-hybridized carbons (Fsp3) is 0.158. The van der Waals surface area contributed by atoms with E-state index in [9.17, 15) is 9.90 Å². The quantitative estimate of drug-likeness (QED) is 0.754. The second-order valence-electron chi connectivity index (χ2n) is 5.80. The molecular formula is C19H16N2O3S. The van der Waals surface area contributed by atoms with Gasteiger partial charge < -0.3 is 9.84 Å². The highest BCUT2D eigenvalue weighted by atomic mass is 32.1. The van der Waals surface area contributed by atoms with Crippen LogP contribution in [0.4, 0.5) is 0 Å². The molecule has 1 aromatic carbocycles. The molecule has 126 valence electrons. The zero-order valence-electron chi connectivity index (χ0n) is 13.4. The van der Waals surface area contributed by atoms with E-state index in [0.717, 1.165) is 52.3 Å². The second-order valence-corrected chi connectivity index (χ2v) is 6.78. The summed E-state index contributed by atoms with van der Waals surface area (Å²) < 4.78 is 5.84. The molecule has 2 heterocycles. The number of H-pyrrole nitrogens is 1. The van der Waals surface area contributed by atoms with Gasteiger partial charge in [-0.05, 0) is 30.0 Å². The molecule has 0 radical (unpaired) electrons. The van der Waals surface area contributed by atoms with E-state index in [0.29, 0.717) is 11.5 Å². The lowest BCUT2D eigenvalue weighted by atomic mass is 9.94. The van der Waals surface area contributed by atoms with E-state index in [1.807, 2.05) is 42.5 Å². The predicted octanol–water partition coefficient (Wildman–Crippen LogP) is 3.49. The minimum Gasteiger partial charge on any atom is -0.493 e. The van der Waals surface area contributed by atoms with Crippen molar-refractivity contribution in [2.45, 2.75) is 19.4 Å². The molecule has 4 rings (SSSR count). The zero-order valence-corrected chi connectivity index (χ0v) is 14.2. The standard InChI is InChI=1S/C19H16N2O3S/c22-18-17(25-19(23)21-18)15-8-4-7-13-9-14(10-20-16(13)15)24-11-12-5-2-1-3-6-12/h1-3,5-6,8-10,22H,4,7,11H2,(H,21,23). The molecule has 0 bridgehead atoms. The number of aryl methyl sites for hydroxylation is 1. The molecule has 0 atom stereocenters. The second kappa shape index (κ2) is 6.57. The summed E-state index contributed by atoms with van der Waals surface area (Å²) in [6.45, 7) is 0.490. The maximum absolute atomic E-state index is 11.5. The number of aromatic hydroxyl groups is 1. The van der Waals surface area contributed by atoms with Crippen molar-refractivity contribution in [2.24, 2.45) is 0 Å². The van der Waals surface area contributed by atoms with Crippen molar-refractivity contribution < 1.29 is 9.84 Å². The SMILES string of the molecule is O=c1[nH]c(O)c(C2=CCCc3cc(OCc4ccccc4)cnc32)s1. The Labute approximate surface area is 148 Å². The van der Waals surface area contributed by atoms with Gasteiger partial charge in [0.15, 0.2) is 0 Å². The van der Waals surface area contributed by atoms with Crippen LogP contribution in [0.3, 0.4) is 0 Å². The molecule has 0 saturated carbocycles. The van der Waals surface area contributed by atoms with Crippen LogP contribution in [0.1, 0.15) is 28.1 Å². The first-order chi connectivity index (χ1) is 12.2.